The van der Waals surface area contributed by atoms with Gasteiger partial charge < -0.3 is 0 Å². The highest BCUT2D eigenvalue weighted by Crippen LogP contribution is 2.42. The van der Waals surface area contributed by atoms with Gasteiger partial charge in [-0.15, -0.1) is 0 Å². The molecule has 2 aromatic rings. The fraction of sp³-hybridized carbons (Fsp3) is 0.500. The molecule has 0 amide bonds. The quantitative estimate of drug-likeness (QED) is 0.868. The van der Waals surface area contributed by atoms with E-state index in [1.54, 1.807) is 15.0 Å². The van der Waals surface area contributed by atoms with Crippen LogP contribution in [0.3, 0.4) is 0 Å². The molecule has 0 N–H and O–H groups in total. The van der Waals surface area contributed by atoms with Crippen molar-refractivity contribution in [2.45, 2.75) is 36.6 Å². The first-order valence-electron chi connectivity index (χ1n) is 7.12. The normalized spacial score (nSPS) is 24.5. The predicted molar refractivity (Wildman–Crippen MR) is 74.8 cm³/mol. The molecule has 20 heavy (non-hydrogen) atoms. The van der Waals surface area contributed by atoms with Crippen molar-refractivity contribution in [1.29, 1.82) is 0 Å². The van der Waals surface area contributed by atoms with Gasteiger partial charge >= 0.3 is 0 Å². The molecule has 2 aromatic heterocycles. The van der Waals surface area contributed by atoms with Crippen LogP contribution in [0.1, 0.15) is 25.7 Å². The van der Waals surface area contributed by atoms with Crippen LogP contribution in [-0.4, -0.2) is 34.9 Å². The summed E-state index contributed by atoms with van der Waals surface area (Å²) in [6.45, 7) is 0.647. The van der Waals surface area contributed by atoms with E-state index < -0.39 is 10.0 Å². The van der Waals surface area contributed by atoms with E-state index in [0.717, 1.165) is 12.8 Å². The summed E-state index contributed by atoms with van der Waals surface area (Å²) in [5.41, 5.74) is 0.661. The standard InChI is InChI=1S/C14H17N3O2S/c18-20(19,17-9-3-5-12(17)11-6-7-11)14-10-15-16-8-2-1-4-13(14)16/h1-2,4,8,10-12H,3,5-7,9H2. The molecule has 0 spiro atoms. The lowest BCUT2D eigenvalue weighted by molar-refractivity contribution is 0.357. The second kappa shape index (κ2) is 4.30. The van der Waals surface area contributed by atoms with E-state index in [9.17, 15) is 8.42 Å². The largest absolute Gasteiger partial charge is 0.247 e. The van der Waals surface area contributed by atoms with E-state index >= 15 is 0 Å². The molecule has 1 aliphatic carbocycles. The summed E-state index contributed by atoms with van der Waals surface area (Å²) in [6.07, 6.45) is 7.57. The van der Waals surface area contributed by atoms with Crippen LogP contribution in [0.2, 0.25) is 0 Å². The molecule has 106 valence electrons. The molecule has 6 heteroatoms. The number of aromatic nitrogens is 2. The lowest BCUT2D eigenvalue weighted by Crippen LogP contribution is -2.36. The zero-order chi connectivity index (χ0) is 13.7. The molecular formula is C14H17N3O2S. The highest BCUT2D eigenvalue weighted by atomic mass is 32.2. The maximum Gasteiger partial charge on any atom is 0.247 e. The molecule has 2 aliphatic rings. The maximum absolute atomic E-state index is 12.9. The average molecular weight is 291 g/mol. The molecular weight excluding hydrogens is 274 g/mol. The number of sulfonamides is 1. The highest BCUT2D eigenvalue weighted by Gasteiger charge is 2.44. The van der Waals surface area contributed by atoms with Crippen LogP contribution in [0.25, 0.3) is 5.52 Å². The molecule has 5 nitrogen and oxygen atoms in total. The van der Waals surface area contributed by atoms with Crippen LogP contribution in [0.15, 0.2) is 35.5 Å². The number of hydrogen-bond acceptors (Lipinski definition) is 3. The van der Waals surface area contributed by atoms with Crippen LogP contribution < -0.4 is 0 Å². The van der Waals surface area contributed by atoms with Gasteiger partial charge in [0.1, 0.15) is 4.90 Å². The van der Waals surface area contributed by atoms with Gasteiger partial charge in [-0.3, -0.25) is 0 Å². The Kier molecular flexibility index (Phi) is 2.65. The van der Waals surface area contributed by atoms with E-state index in [0.29, 0.717) is 22.9 Å². The van der Waals surface area contributed by atoms with Crippen molar-refractivity contribution in [3.05, 3.63) is 30.6 Å². The molecule has 1 saturated carbocycles. The Labute approximate surface area is 118 Å². The summed E-state index contributed by atoms with van der Waals surface area (Å²) in [6, 6.07) is 5.71. The Hall–Kier alpha value is -1.40. The summed E-state index contributed by atoms with van der Waals surface area (Å²) in [7, 11) is -3.43. The van der Waals surface area contributed by atoms with Crippen molar-refractivity contribution in [3.63, 3.8) is 0 Å². The van der Waals surface area contributed by atoms with Crippen LogP contribution in [0, 0.1) is 5.92 Å². The Morgan fingerprint density at radius 3 is 2.85 bits per heavy atom. The summed E-state index contributed by atoms with van der Waals surface area (Å²) < 4.78 is 29.2. The second-order valence-electron chi connectivity index (χ2n) is 5.70. The minimum Gasteiger partial charge on any atom is -0.240 e. The molecule has 1 unspecified atom stereocenters. The molecule has 0 radical (unpaired) electrons. The molecule has 1 aliphatic heterocycles. The van der Waals surface area contributed by atoms with Crippen molar-refractivity contribution in [2.75, 3.05) is 6.54 Å². The van der Waals surface area contributed by atoms with Gasteiger partial charge in [-0.25, -0.2) is 12.9 Å². The van der Waals surface area contributed by atoms with Crippen LogP contribution in [0.5, 0.6) is 0 Å². The summed E-state index contributed by atoms with van der Waals surface area (Å²) >= 11 is 0. The lowest BCUT2D eigenvalue weighted by atomic mass is 10.1. The number of rotatable bonds is 3. The molecule has 3 heterocycles. The van der Waals surface area contributed by atoms with Gasteiger partial charge in [0.25, 0.3) is 0 Å². The summed E-state index contributed by atoms with van der Waals surface area (Å²) in [5, 5.41) is 4.15. The molecule has 1 saturated heterocycles. The average Bonchev–Trinajstić information content (AvgIpc) is 3.02. The Morgan fingerprint density at radius 1 is 1.20 bits per heavy atom. The van der Waals surface area contributed by atoms with E-state index in [2.05, 4.69) is 5.10 Å². The first-order valence-corrected chi connectivity index (χ1v) is 8.56. The first-order chi connectivity index (χ1) is 9.68. The Morgan fingerprint density at radius 2 is 2.05 bits per heavy atom. The minimum absolute atomic E-state index is 0.207. The van der Waals surface area contributed by atoms with Crippen molar-refractivity contribution in [1.82, 2.24) is 13.9 Å². The van der Waals surface area contributed by atoms with Crippen molar-refractivity contribution >= 4 is 15.5 Å². The van der Waals surface area contributed by atoms with E-state index in [1.165, 1.54) is 19.0 Å². The number of nitrogens with zero attached hydrogens (tertiary/aromatic N) is 3. The number of pyridine rings is 1. The molecule has 2 fully saturated rings. The number of fused-ring (bicyclic) bond motifs is 1. The molecule has 1 atom stereocenters. The topological polar surface area (TPSA) is 54.7 Å². The predicted octanol–water partition coefficient (Wildman–Crippen LogP) is 1.90. The molecule has 4 rings (SSSR count). The fourth-order valence-electron chi connectivity index (χ4n) is 3.25. The van der Waals surface area contributed by atoms with Gasteiger partial charge in [0.2, 0.25) is 10.0 Å². The van der Waals surface area contributed by atoms with Crippen LogP contribution in [0.4, 0.5) is 0 Å². The van der Waals surface area contributed by atoms with Gasteiger partial charge in [0.15, 0.2) is 0 Å². The minimum atomic E-state index is -3.43. The SMILES string of the molecule is O=S(=O)(c1cnn2ccccc12)N1CCCC1C1CC1. The van der Waals surface area contributed by atoms with E-state index in [1.807, 2.05) is 18.2 Å². The van der Waals surface area contributed by atoms with Crippen LogP contribution >= 0.6 is 0 Å². The molecule has 0 aromatic carbocycles. The van der Waals surface area contributed by atoms with Gasteiger partial charge in [-0.1, -0.05) is 6.07 Å². The van der Waals surface area contributed by atoms with Gasteiger partial charge in [-0.2, -0.15) is 9.40 Å². The van der Waals surface area contributed by atoms with Gasteiger partial charge in [-0.05, 0) is 43.7 Å². The third kappa shape index (κ3) is 1.78. The van der Waals surface area contributed by atoms with E-state index in [-0.39, 0.29) is 6.04 Å². The third-order valence-corrected chi connectivity index (χ3v) is 6.33. The summed E-state index contributed by atoms with van der Waals surface area (Å²) in [5.74, 6) is 0.578. The fourth-order valence-corrected chi connectivity index (χ4v) is 5.11. The first kappa shape index (κ1) is 12.3. The summed E-state index contributed by atoms with van der Waals surface area (Å²) in [4.78, 5) is 0.339. The van der Waals surface area contributed by atoms with Crippen molar-refractivity contribution in [2.24, 2.45) is 5.92 Å². The molecule has 0 bridgehead atoms. The van der Waals surface area contributed by atoms with Crippen LogP contribution in [-0.2, 0) is 10.0 Å². The second-order valence-corrected chi connectivity index (χ2v) is 7.56. The lowest BCUT2D eigenvalue weighted by Gasteiger charge is -2.23. The zero-order valence-electron chi connectivity index (χ0n) is 11.1. The monoisotopic (exact) mass is 291 g/mol. The maximum atomic E-state index is 12.9. The smallest absolute Gasteiger partial charge is 0.240 e. The zero-order valence-corrected chi connectivity index (χ0v) is 12.0. The van der Waals surface area contributed by atoms with Gasteiger partial charge in [0, 0.05) is 18.8 Å². The third-order valence-electron chi connectivity index (χ3n) is 4.39. The van der Waals surface area contributed by atoms with Crippen molar-refractivity contribution in [3.8, 4) is 0 Å². The van der Waals surface area contributed by atoms with Crippen molar-refractivity contribution < 1.29 is 8.42 Å². The number of hydrogen-bond donors (Lipinski definition) is 0. The highest BCUT2D eigenvalue weighted by molar-refractivity contribution is 7.89. The Bertz CT molecular complexity index is 749. The van der Waals surface area contributed by atoms with Gasteiger partial charge in [0.05, 0.1) is 11.7 Å². The van der Waals surface area contributed by atoms with E-state index in [4.69, 9.17) is 0 Å². The Balaban J connectivity index is 1.79.